The molecule has 1 fully saturated rings. The van der Waals surface area contributed by atoms with E-state index in [2.05, 4.69) is 20.9 Å². The quantitative estimate of drug-likeness (QED) is 0.784. The predicted molar refractivity (Wildman–Crippen MR) is 95.6 cm³/mol. The first-order valence-corrected chi connectivity index (χ1v) is 9.41. The number of nitrogens with zero attached hydrogens (tertiary/aromatic N) is 3. The Kier molecular flexibility index (Phi) is 5.75. The molecule has 0 aromatic carbocycles. The molecule has 25 heavy (non-hydrogen) atoms. The molecule has 1 aliphatic carbocycles. The van der Waals surface area contributed by atoms with Crippen molar-refractivity contribution in [2.45, 2.75) is 38.6 Å². The van der Waals surface area contributed by atoms with Gasteiger partial charge in [-0.1, -0.05) is 18.0 Å². The smallest absolute Gasteiger partial charge is 0.235 e. The Morgan fingerprint density at radius 3 is 2.68 bits per heavy atom. The van der Waals surface area contributed by atoms with Gasteiger partial charge in [-0.05, 0) is 19.8 Å². The van der Waals surface area contributed by atoms with Crippen molar-refractivity contribution in [1.29, 1.82) is 0 Å². The third-order valence-corrected chi connectivity index (χ3v) is 4.90. The van der Waals surface area contributed by atoms with Gasteiger partial charge in [-0.15, -0.1) is 11.8 Å². The van der Waals surface area contributed by atoms with Gasteiger partial charge in [-0.25, -0.2) is 4.68 Å². The molecule has 8 nitrogen and oxygen atoms in total. The Balaban J connectivity index is 1.41. The highest BCUT2D eigenvalue weighted by atomic mass is 32.2. The Morgan fingerprint density at radius 2 is 2.00 bits per heavy atom. The SMILES string of the molecule is Cc1cc(NC(=O)CSCC(=O)Nc2ccnn2C2CCCC2)no1. The average Bonchev–Trinajstić information content (AvgIpc) is 3.29. The molecule has 2 aromatic heterocycles. The van der Waals surface area contributed by atoms with Gasteiger partial charge in [0.05, 0.1) is 23.7 Å². The molecule has 0 aliphatic heterocycles. The lowest BCUT2D eigenvalue weighted by atomic mass is 10.2. The second-order valence-corrected chi connectivity index (χ2v) is 7.00. The molecule has 2 heterocycles. The first kappa shape index (κ1) is 17.5. The fourth-order valence-electron chi connectivity index (χ4n) is 2.87. The number of rotatable bonds is 7. The van der Waals surface area contributed by atoms with E-state index < -0.39 is 0 Å². The number of aromatic nitrogens is 3. The number of hydrogen-bond acceptors (Lipinski definition) is 6. The minimum Gasteiger partial charge on any atom is -0.360 e. The summed E-state index contributed by atoms with van der Waals surface area (Å²) in [6.45, 7) is 1.75. The van der Waals surface area contributed by atoms with Crippen molar-refractivity contribution in [2.24, 2.45) is 0 Å². The molecule has 2 amide bonds. The maximum absolute atomic E-state index is 12.1. The Bertz CT molecular complexity index is 736. The second-order valence-electron chi connectivity index (χ2n) is 6.01. The van der Waals surface area contributed by atoms with Crippen LogP contribution in [0.15, 0.2) is 22.9 Å². The molecular weight excluding hydrogens is 342 g/mol. The van der Waals surface area contributed by atoms with E-state index in [-0.39, 0.29) is 23.3 Å². The van der Waals surface area contributed by atoms with Crippen LogP contribution in [-0.2, 0) is 9.59 Å². The summed E-state index contributed by atoms with van der Waals surface area (Å²) in [6, 6.07) is 3.81. The molecule has 2 aromatic rings. The van der Waals surface area contributed by atoms with Gasteiger partial charge in [-0.2, -0.15) is 5.10 Å². The monoisotopic (exact) mass is 363 g/mol. The molecular formula is C16H21N5O3S. The van der Waals surface area contributed by atoms with Crippen molar-refractivity contribution < 1.29 is 14.1 Å². The fourth-order valence-corrected chi connectivity index (χ4v) is 3.49. The topological polar surface area (TPSA) is 102 Å². The summed E-state index contributed by atoms with van der Waals surface area (Å²) in [5.74, 6) is 1.73. The molecule has 2 N–H and O–H groups in total. The van der Waals surface area contributed by atoms with Gasteiger partial charge in [0, 0.05) is 12.1 Å². The van der Waals surface area contributed by atoms with Gasteiger partial charge >= 0.3 is 0 Å². The Hall–Kier alpha value is -2.29. The summed E-state index contributed by atoms with van der Waals surface area (Å²) in [7, 11) is 0. The lowest BCUT2D eigenvalue weighted by Crippen LogP contribution is -2.21. The zero-order chi connectivity index (χ0) is 17.6. The maximum Gasteiger partial charge on any atom is 0.235 e. The predicted octanol–water partition coefficient (Wildman–Crippen LogP) is 2.61. The highest BCUT2D eigenvalue weighted by molar-refractivity contribution is 8.00. The molecule has 3 rings (SSSR count). The first-order chi connectivity index (χ1) is 12.1. The third-order valence-electron chi connectivity index (χ3n) is 3.97. The zero-order valence-corrected chi connectivity index (χ0v) is 14.8. The van der Waals surface area contributed by atoms with Gasteiger partial charge in [0.2, 0.25) is 11.8 Å². The van der Waals surface area contributed by atoms with Crippen LogP contribution in [0.1, 0.15) is 37.5 Å². The molecule has 0 unspecified atom stereocenters. The average molecular weight is 363 g/mol. The molecule has 1 aliphatic rings. The lowest BCUT2D eigenvalue weighted by molar-refractivity contribution is -0.114. The Labute approximate surface area is 149 Å². The Morgan fingerprint density at radius 1 is 1.28 bits per heavy atom. The van der Waals surface area contributed by atoms with E-state index in [9.17, 15) is 9.59 Å². The van der Waals surface area contributed by atoms with E-state index in [1.807, 2.05) is 4.68 Å². The maximum atomic E-state index is 12.1. The standard InChI is InChI=1S/C16H21N5O3S/c1-11-8-13(20-24-11)18-15(22)9-25-10-16(23)19-14-6-7-17-21(14)12-4-2-3-5-12/h6-8,12H,2-5,9-10H2,1H3,(H,19,23)(H,18,20,22). The largest absolute Gasteiger partial charge is 0.360 e. The van der Waals surface area contributed by atoms with Gasteiger partial charge in [-0.3, -0.25) is 9.59 Å². The van der Waals surface area contributed by atoms with Crippen LogP contribution in [0.3, 0.4) is 0 Å². The summed E-state index contributed by atoms with van der Waals surface area (Å²) < 4.78 is 6.77. The molecule has 0 radical (unpaired) electrons. The van der Waals surface area contributed by atoms with E-state index in [4.69, 9.17) is 4.52 Å². The first-order valence-electron chi connectivity index (χ1n) is 8.26. The van der Waals surface area contributed by atoms with E-state index in [1.54, 1.807) is 25.3 Å². The zero-order valence-electron chi connectivity index (χ0n) is 14.0. The van der Waals surface area contributed by atoms with Gasteiger partial charge in [0.25, 0.3) is 0 Å². The summed E-state index contributed by atoms with van der Waals surface area (Å²) in [5.41, 5.74) is 0. The van der Waals surface area contributed by atoms with Crippen LogP contribution in [0.4, 0.5) is 11.6 Å². The minimum absolute atomic E-state index is 0.144. The molecule has 134 valence electrons. The number of carbonyl (C=O) groups is 2. The van der Waals surface area contributed by atoms with Crippen LogP contribution >= 0.6 is 11.8 Å². The number of aryl methyl sites for hydroxylation is 1. The van der Waals surface area contributed by atoms with Crippen molar-refractivity contribution in [3.8, 4) is 0 Å². The number of nitrogens with one attached hydrogen (secondary N) is 2. The highest BCUT2D eigenvalue weighted by Gasteiger charge is 2.20. The lowest BCUT2D eigenvalue weighted by Gasteiger charge is -2.14. The summed E-state index contributed by atoms with van der Waals surface area (Å²) in [5, 5.41) is 13.5. The number of hydrogen-bond donors (Lipinski definition) is 2. The van der Waals surface area contributed by atoms with Crippen LogP contribution in [0.2, 0.25) is 0 Å². The normalized spacial score (nSPS) is 14.6. The molecule has 9 heteroatoms. The van der Waals surface area contributed by atoms with E-state index >= 15 is 0 Å². The number of carbonyl (C=O) groups excluding carboxylic acids is 2. The van der Waals surface area contributed by atoms with Crippen molar-refractivity contribution in [1.82, 2.24) is 14.9 Å². The van der Waals surface area contributed by atoms with Crippen LogP contribution in [0.25, 0.3) is 0 Å². The molecule has 0 atom stereocenters. The molecule has 1 saturated carbocycles. The summed E-state index contributed by atoms with van der Waals surface area (Å²) in [6.07, 6.45) is 6.30. The van der Waals surface area contributed by atoms with Crippen LogP contribution < -0.4 is 10.6 Å². The van der Waals surface area contributed by atoms with Crippen molar-refractivity contribution in [3.63, 3.8) is 0 Å². The van der Waals surface area contributed by atoms with Gasteiger partial charge < -0.3 is 15.2 Å². The van der Waals surface area contributed by atoms with E-state index in [0.717, 1.165) is 18.7 Å². The van der Waals surface area contributed by atoms with E-state index in [0.29, 0.717) is 17.6 Å². The fraction of sp³-hybridized carbons (Fsp3) is 0.500. The highest BCUT2D eigenvalue weighted by Crippen LogP contribution is 2.31. The van der Waals surface area contributed by atoms with Gasteiger partial charge in [0.15, 0.2) is 5.82 Å². The minimum atomic E-state index is -0.220. The van der Waals surface area contributed by atoms with Gasteiger partial charge in [0.1, 0.15) is 11.6 Å². The van der Waals surface area contributed by atoms with Crippen molar-refractivity contribution in [2.75, 3.05) is 22.1 Å². The number of thioether (sulfide) groups is 1. The molecule has 0 saturated heterocycles. The van der Waals surface area contributed by atoms with E-state index in [1.165, 1.54) is 24.6 Å². The summed E-state index contributed by atoms with van der Waals surface area (Å²) in [4.78, 5) is 23.9. The number of anilines is 2. The van der Waals surface area contributed by atoms with Crippen molar-refractivity contribution >= 4 is 35.2 Å². The van der Waals surface area contributed by atoms with Crippen LogP contribution in [0, 0.1) is 6.92 Å². The third kappa shape index (κ3) is 4.85. The molecule has 0 spiro atoms. The number of amides is 2. The van der Waals surface area contributed by atoms with Crippen LogP contribution in [0.5, 0.6) is 0 Å². The van der Waals surface area contributed by atoms with Crippen LogP contribution in [-0.4, -0.2) is 38.3 Å². The van der Waals surface area contributed by atoms with Crippen molar-refractivity contribution in [3.05, 3.63) is 24.1 Å². The molecule has 0 bridgehead atoms. The second kappa shape index (κ2) is 8.19. The summed E-state index contributed by atoms with van der Waals surface area (Å²) >= 11 is 1.24.